The minimum atomic E-state index is -0.487. The molecule has 160 valence electrons. The van der Waals surface area contributed by atoms with Crippen molar-refractivity contribution in [3.63, 3.8) is 0 Å². The summed E-state index contributed by atoms with van der Waals surface area (Å²) in [5, 5.41) is 16.3. The molecule has 3 aromatic rings. The molecule has 4 heterocycles. The van der Waals surface area contributed by atoms with Crippen molar-refractivity contribution in [2.45, 2.75) is 13.8 Å². The molecule has 32 heavy (non-hydrogen) atoms. The largest absolute Gasteiger partial charge is 0.462 e. The standard InChI is InChI=1S/C22H15Cl2N5O2S/c1-11-8-13(12(2)28(11)17-6-5-14(23)10-16(17)24)9-15-19(25)29-22(26-20(15)30)32-21(27-29)18-4-3-7-31-18/h3-10,25H,1-2H3/b15-9+,25-19?. The lowest BCUT2D eigenvalue weighted by Crippen LogP contribution is -2.35. The van der Waals surface area contributed by atoms with Crippen LogP contribution in [0.5, 0.6) is 0 Å². The maximum Gasteiger partial charge on any atom is 0.283 e. The predicted molar refractivity (Wildman–Crippen MR) is 128 cm³/mol. The highest BCUT2D eigenvalue weighted by atomic mass is 35.5. The van der Waals surface area contributed by atoms with Gasteiger partial charge in [-0.25, -0.2) is 0 Å². The third-order valence-corrected chi connectivity index (χ3v) is 6.57. The fourth-order valence-electron chi connectivity index (χ4n) is 3.61. The number of halogens is 2. The van der Waals surface area contributed by atoms with E-state index in [2.05, 4.69) is 10.1 Å². The Morgan fingerprint density at radius 1 is 1.19 bits per heavy atom. The Labute approximate surface area is 197 Å². The van der Waals surface area contributed by atoms with Crippen LogP contribution in [0.25, 0.3) is 11.8 Å². The Morgan fingerprint density at radius 3 is 2.72 bits per heavy atom. The van der Waals surface area contributed by atoms with Gasteiger partial charge < -0.3 is 8.98 Å². The number of thioether (sulfide) groups is 1. The second-order valence-electron chi connectivity index (χ2n) is 7.16. The average Bonchev–Trinajstić information content (AvgIpc) is 3.46. The maximum absolute atomic E-state index is 12.8. The number of hydrazone groups is 1. The van der Waals surface area contributed by atoms with Crippen molar-refractivity contribution >= 4 is 63.0 Å². The van der Waals surface area contributed by atoms with Gasteiger partial charge in [-0.05, 0) is 73.6 Å². The number of aromatic nitrogens is 1. The second kappa shape index (κ2) is 7.81. The summed E-state index contributed by atoms with van der Waals surface area (Å²) in [5.41, 5.74) is 3.51. The van der Waals surface area contributed by atoms with E-state index in [1.807, 2.05) is 30.5 Å². The fourth-order valence-corrected chi connectivity index (χ4v) is 4.97. The smallest absolute Gasteiger partial charge is 0.283 e. The van der Waals surface area contributed by atoms with Crippen molar-refractivity contribution in [1.29, 1.82) is 5.41 Å². The van der Waals surface area contributed by atoms with Crippen LogP contribution in [0.4, 0.5) is 0 Å². The number of furan rings is 1. The molecule has 0 bridgehead atoms. The van der Waals surface area contributed by atoms with E-state index in [9.17, 15) is 4.79 Å². The summed E-state index contributed by atoms with van der Waals surface area (Å²) >= 11 is 13.6. The SMILES string of the molecule is Cc1cc(/C=C2\C(=N)N3N=C(c4ccco4)SC3=NC2=O)c(C)n1-c1ccc(Cl)cc1Cl. The van der Waals surface area contributed by atoms with E-state index in [1.165, 1.54) is 16.8 Å². The minimum Gasteiger partial charge on any atom is -0.462 e. The molecule has 1 aromatic carbocycles. The number of rotatable bonds is 3. The molecule has 2 aliphatic rings. The number of hydrogen-bond donors (Lipinski definition) is 1. The van der Waals surface area contributed by atoms with Crippen LogP contribution >= 0.6 is 35.0 Å². The zero-order chi connectivity index (χ0) is 22.6. The first-order chi connectivity index (χ1) is 15.3. The summed E-state index contributed by atoms with van der Waals surface area (Å²) in [6.07, 6.45) is 3.21. The van der Waals surface area contributed by atoms with Gasteiger partial charge in [0.15, 0.2) is 16.6 Å². The molecular weight excluding hydrogens is 469 g/mol. The zero-order valence-corrected chi connectivity index (χ0v) is 19.2. The quantitative estimate of drug-likeness (QED) is 0.486. The van der Waals surface area contributed by atoms with Crippen molar-refractivity contribution in [2.75, 3.05) is 0 Å². The number of amidine groups is 2. The number of carbonyl (C=O) groups is 1. The number of aliphatic imine (C=N–C) groups is 1. The van der Waals surface area contributed by atoms with E-state index in [0.717, 1.165) is 22.6 Å². The molecule has 0 spiro atoms. The summed E-state index contributed by atoms with van der Waals surface area (Å²) in [6.45, 7) is 3.87. The Hall–Kier alpha value is -3.07. The zero-order valence-electron chi connectivity index (χ0n) is 16.9. The van der Waals surface area contributed by atoms with Gasteiger partial charge in [0.1, 0.15) is 0 Å². The van der Waals surface area contributed by atoms with Crippen molar-refractivity contribution < 1.29 is 9.21 Å². The van der Waals surface area contributed by atoms with E-state index < -0.39 is 5.91 Å². The monoisotopic (exact) mass is 483 g/mol. The maximum atomic E-state index is 12.8. The highest BCUT2D eigenvalue weighted by molar-refractivity contribution is 8.27. The molecule has 5 rings (SSSR count). The van der Waals surface area contributed by atoms with Crippen LogP contribution in [0.15, 0.2) is 62.7 Å². The molecule has 2 aromatic heterocycles. The van der Waals surface area contributed by atoms with Crippen molar-refractivity contribution in [3.8, 4) is 5.69 Å². The number of hydrogen-bond acceptors (Lipinski definition) is 5. The predicted octanol–water partition coefficient (Wildman–Crippen LogP) is 5.66. The van der Waals surface area contributed by atoms with Gasteiger partial charge in [-0.15, -0.1) is 0 Å². The summed E-state index contributed by atoms with van der Waals surface area (Å²) < 4.78 is 7.36. The first-order valence-corrected chi connectivity index (χ1v) is 11.1. The summed E-state index contributed by atoms with van der Waals surface area (Å²) in [7, 11) is 0. The number of nitrogens with one attached hydrogen (secondary N) is 1. The Bertz CT molecular complexity index is 1390. The third kappa shape index (κ3) is 3.40. The van der Waals surface area contributed by atoms with Crippen LogP contribution in [-0.2, 0) is 4.79 Å². The number of benzene rings is 1. The van der Waals surface area contributed by atoms with Gasteiger partial charge in [0, 0.05) is 16.4 Å². The summed E-state index contributed by atoms with van der Waals surface area (Å²) in [6, 6.07) is 10.8. The lowest BCUT2D eigenvalue weighted by atomic mass is 10.1. The molecular formula is C22H15Cl2N5O2S. The van der Waals surface area contributed by atoms with Gasteiger partial charge in [0.05, 0.1) is 22.5 Å². The van der Waals surface area contributed by atoms with Crippen LogP contribution in [0, 0.1) is 19.3 Å². The van der Waals surface area contributed by atoms with Gasteiger partial charge in [-0.2, -0.15) is 15.1 Å². The number of amides is 1. The molecule has 10 heteroatoms. The first kappa shape index (κ1) is 20.8. The molecule has 0 atom stereocenters. The molecule has 0 saturated carbocycles. The highest BCUT2D eigenvalue weighted by Gasteiger charge is 2.36. The Morgan fingerprint density at radius 2 is 2.00 bits per heavy atom. The highest BCUT2D eigenvalue weighted by Crippen LogP contribution is 2.33. The Balaban J connectivity index is 1.54. The lowest BCUT2D eigenvalue weighted by Gasteiger charge is -2.20. The van der Waals surface area contributed by atoms with Crippen LogP contribution in [0.3, 0.4) is 0 Å². The number of fused-ring (bicyclic) bond motifs is 1. The summed E-state index contributed by atoms with van der Waals surface area (Å²) in [4.78, 5) is 16.9. The van der Waals surface area contributed by atoms with Crippen LogP contribution in [-0.4, -0.2) is 31.5 Å². The Kier molecular flexibility index (Phi) is 5.08. The third-order valence-electron chi connectivity index (χ3n) is 5.11. The molecule has 1 N–H and O–H groups in total. The molecule has 0 aliphatic carbocycles. The second-order valence-corrected chi connectivity index (χ2v) is 8.96. The van der Waals surface area contributed by atoms with Crippen molar-refractivity contribution in [3.05, 3.63) is 81.0 Å². The molecule has 7 nitrogen and oxygen atoms in total. The number of aryl methyl sites for hydroxylation is 1. The molecule has 1 amide bonds. The van der Waals surface area contributed by atoms with Crippen LogP contribution in [0.2, 0.25) is 10.0 Å². The van der Waals surface area contributed by atoms with Gasteiger partial charge in [0.2, 0.25) is 5.17 Å². The van der Waals surface area contributed by atoms with Gasteiger partial charge in [-0.1, -0.05) is 23.2 Å². The molecule has 0 fully saturated rings. The fraction of sp³-hybridized carbons (Fsp3) is 0.0909. The molecule has 0 saturated heterocycles. The molecule has 0 unspecified atom stereocenters. The van der Waals surface area contributed by atoms with E-state index in [4.69, 9.17) is 33.0 Å². The minimum absolute atomic E-state index is 0.0385. The van der Waals surface area contributed by atoms with Gasteiger partial charge in [0.25, 0.3) is 5.91 Å². The lowest BCUT2D eigenvalue weighted by molar-refractivity contribution is -0.114. The van der Waals surface area contributed by atoms with Crippen LogP contribution < -0.4 is 0 Å². The van der Waals surface area contributed by atoms with Gasteiger partial charge >= 0.3 is 0 Å². The topological polar surface area (TPSA) is 87.0 Å². The number of carbonyl (C=O) groups excluding carboxylic acids is 1. The van der Waals surface area contributed by atoms with E-state index in [1.54, 1.807) is 36.6 Å². The van der Waals surface area contributed by atoms with E-state index in [-0.39, 0.29) is 11.4 Å². The van der Waals surface area contributed by atoms with E-state index in [0.29, 0.717) is 26.0 Å². The molecule has 2 aliphatic heterocycles. The van der Waals surface area contributed by atoms with Crippen molar-refractivity contribution in [2.24, 2.45) is 10.1 Å². The average molecular weight is 484 g/mol. The molecule has 0 radical (unpaired) electrons. The van der Waals surface area contributed by atoms with E-state index >= 15 is 0 Å². The van der Waals surface area contributed by atoms with Crippen molar-refractivity contribution in [1.82, 2.24) is 9.58 Å². The van der Waals surface area contributed by atoms with Gasteiger partial charge in [-0.3, -0.25) is 10.2 Å². The number of nitrogens with zero attached hydrogens (tertiary/aromatic N) is 4. The first-order valence-electron chi connectivity index (χ1n) is 9.52. The van der Waals surface area contributed by atoms with Crippen LogP contribution in [0.1, 0.15) is 22.7 Å². The summed E-state index contributed by atoms with van der Waals surface area (Å²) in [5.74, 6) is 0.0311. The normalized spacial score (nSPS) is 17.1.